The van der Waals surface area contributed by atoms with Crippen molar-refractivity contribution in [2.24, 2.45) is 5.92 Å². The minimum absolute atomic E-state index is 0.196. The Morgan fingerprint density at radius 3 is 3.07 bits per heavy atom. The molecule has 1 aliphatic rings. The zero-order valence-electron chi connectivity index (χ0n) is 8.94. The van der Waals surface area contributed by atoms with Gasteiger partial charge in [0.05, 0.1) is 6.10 Å². The molecule has 0 amide bonds. The summed E-state index contributed by atoms with van der Waals surface area (Å²) in [5.41, 5.74) is 0. The second kappa shape index (κ2) is 4.53. The van der Waals surface area contributed by atoms with Crippen LogP contribution in [0.5, 0.6) is 11.5 Å². The normalized spacial score (nSPS) is 22.6. The van der Waals surface area contributed by atoms with Gasteiger partial charge in [-0.3, -0.25) is 0 Å². The quantitative estimate of drug-likeness (QED) is 0.793. The molecule has 0 aliphatic carbocycles. The number of aromatic hydroxyl groups is 1. The van der Waals surface area contributed by atoms with Gasteiger partial charge >= 0.3 is 0 Å². The zero-order valence-corrected chi connectivity index (χ0v) is 8.94. The maximum absolute atomic E-state index is 9.30. The van der Waals surface area contributed by atoms with E-state index >= 15 is 0 Å². The summed E-state index contributed by atoms with van der Waals surface area (Å²) in [6, 6.07) is 6.97. The number of hydrogen-bond acceptors (Lipinski definition) is 3. The van der Waals surface area contributed by atoms with E-state index in [0.717, 1.165) is 18.8 Å². The lowest BCUT2D eigenvalue weighted by Gasteiger charge is -2.20. The van der Waals surface area contributed by atoms with E-state index in [1.54, 1.807) is 18.2 Å². The van der Waals surface area contributed by atoms with Gasteiger partial charge in [-0.25, -0.2) is 0 Å². The number of nitrogens with one attached hydrogen (secondary N) is 1. The van der Waals surface area contributed by atoms with Gasteiger partial charge in [-0.1, -0.05) is 6.07 Å². The van der Waals surface area contributed by atoms with Gasteiger partial charge in [0, 0.05) is 18.5 Å². The van der Waals surface area contributed by atoms with Gasteiger partial charge in [0.1, 0.15) is 11.5 Å². The molecule has 15 heavy (non-hydrogen) atoms. The van der Waals surface area contributed by atoms with Gasteiger partial charge < -0.3 is 15.2 Å². The first-order valence-electron chi connectivity index (χ1n) is 5.42. The van der Waals surface area contributed by atoms with Gasteiger partial charge in [-0.2, -0.15) is 0 Å². The molecule has 1 aromatic carbocycles. The smallest absolute Gasteiger partial charge is 0.123 e. The lowest BCUT2D eigenvalue weighted by atomic mass is 10.0. The molecule has 0 bridgehead atoms. The minimum atomic E-state index is 0.196. The lowest BCUT2D eigenvalue weighted by Crippen LogP contribution is -2.25. The number of ether oxygens (including phenoxy) is 1. The lowest BCUT2D eigenvalue weighted by molar-refractivity contribution is 0.160. The Hall–Kier alpha value is -1.22. The second-order valence-electron chi connectivity index (χ2n) is 4.07. The zero-order chi connectivity index (χ0) is 10.7. The predicted octanol–water partition coefficient (Wildman–Crippen LogP) is 1.77. The van der Waals surface area contributed by atoms with Crippen LogP contribution in [-0.4, -0.2) is 24.3 Å². The van der Waals surface area contributed by atoms with Gasteiger partial charge in [0.25, 0.3) is 0 Å². The molecule has 1 fully saturated rings. The maximum atomic E-state index is 9.30. The van der Waals surface area contributed by atoms with Crippen LogP contribution in [-0.2, 0) is 0 Å². The molecule has 82 valence electrons. The molecule has 0 aromatic heterocycles. The van der Waals surface area contributed by atoms with Gasteiger partial charge in [0.2, 0.25) is 0 Å². The molecule has 0 spiro atoms. The average Bonchev–Trinajstić information content (AvgIpc) is 2.70. The molecule has 1 aliphatic heterocycles. The molecule has 0 saturated carbocycles. The number of phenols is 1. The standard InChI is InChI=1S/C12H17NO2/c1-9(10-5-6-13-8-10)15-12-4-2-3-11(14)7-12/h2-4,7,9-10,13-14H,5-6,8H2,1H3. The summed E-state index contributed by atoms with van der Waals surface area (Å²) in [4.78, 5) is 0. The largest absolute Gasteiger partial charge is 0.508 e. The van der Waals surface area contributed by atoms with Gasteiger partial charge in [0.15, 0.2) is 0 Å². The van der Waals surface area contributed by atoms with Crippen molar-refractivity contribution in [2.45, 2.75) is 19.4 Å². The van der Waals surface area contributed by atoms with E-state index in [9.17, 15) is 5.11 Å². The van der Waals surface area contributed by atoms with Gasteiger partial charge in [-0.05, 0) is 32.0 Å². The minimum Gasteiger partial charge on any atom is -0.508 e. The van der Waals surface area contributed by atoms with Crippen molar-refractivity contribution in [3.8, 4) is 11.5 Å². The number of hydrogen-bond donors (Lipinski definition) is 2. The third-order valence-corrected chi connectivity index (χ3v) is 2.90. The molecule has 3 nitrogen and oxygen atoms in total. The Morgan fingerprint density at radius 1 is 1.53 bits per heavy atom. The molecular formula is C12H17NO2. The van der Waals surface area contributed by atoms with Crippen LogP contribution in [0.15, 0.2) is 24.3 Å². The number of phenolic OH excluding ortho intramolecular Hbond substituents is 1. The number of benzene rings is 1. The fraction of sp³-hybridized carbons (Fsp3) is 0.500. The molecule has 2 atom stereocenters. The average molecular weight is 207 g/mol. The van der Waals surface area contributed by atoms with Crippen LogP contribution >= 0.6 is 0 Å². The highest BCUT2D eigenvalue weighted by Gasteiger charge is 2.22. The molecule has 1 heterocycles. The summed E-state index contributed by atoms with van der Waals surface area (Å²) in [5, 5.41) is 12.6. The molecule has 2 rings (SSSR count). The number of rotatable bonds is 3. The van der Waals surface area contributed by atoms with Crippen molar-refractivity contribution in [3.05, 3.63) is 24.3 Å². The fourth-order valence-electron chi connectivity index (χ4n) is 1.95. The van der Waals surface area contributed by atoms with Crippen molar-refractivity contribution in [3.63, 3.8) is 0 Å². The van der Waals surface area contributed by atoms with Crippen LogP contribution in [0.25, 0.3) is 0 Å². The first-order chi connectivity index (χ1) is 7.25. The Kier molecular flexibility index (Phi) is 3.11. The van der Waals surface area contributed by atoms with Crippen LogP contribution in [0.4, 0.5) is 0 Å². The molecule has 1 saturated heterocycles. The monoisotopic (exact) mass is 207 g/mol. The van der Waals surface area contributed by atoms with Crippen molar-refractivity contribution in [1.29, 1.82) is 0 Å². The molecule has 0 radical (unpaired) electrons. The van der Waals surface area contributed by atoms with Crippen molar-refractivity contribution >= 4 is 0 Å². The highest BCUT2D eigenvalue weighted by Crippen LogP contribution is 2.22. The van der Waals surface area contributed by atoms with Gasteiger partial charge in [-0.15, -0.1) is 0 Å². The van der Waals surface area contributed by atoms with E-state index in [2.05, 4.69) is 12.2 Å². The van der Waals surface area contributed by atoms with Crippen molar-refractivity contribution < 1.29 is 9.84 Å². The predicted molar refractivity (Wildman–Crippen MR) is 59.2 cm³/mol. The van der Waals surface area contributed by atoms with E-state index in [0.29, 0.717) is 5.92 Å². The van der Waals surface area contributed by atoms with E-state index in [1.165, 1.54) is 6.42 Å². The van der Waals surface area contributed by atoms with Crippen LogP contribution in [0.3, 0.4) is 0 Å². The third kappa shape index (κ3) is 2.63. The molecule has 3 heteroatoms. The summed E-state index contributed by atoms with van der Waals surface area (Å²) >= 11 is 0. The first-order valence-corrected chi connectivity index (χ1v) is 5.42. The summed E-state index contributed by atoms with van der Waals surface area (Å²) in [7, 11) is 0. The molecule has 2 N–H and O–H groups in total. The van der Waals surface area contributed by atoms with Crippen LogP contribution < -0.4 is 10.1 Å². The SMILES string of the molecule is CC(Oc1cccc(O)c1)C1CCNC1. The van der Waals surface area contributed by atoms with E-state index in [1.807, 2.05) is 6.07 Å². The second-order valence-corrected chi connectivity index (χ2v) is 4.07. The Balaban J connectivity index is 1.95. The van der Waals surface area contributed by atoms with Crippen LogP contribution in [0.1, 0.15) is 13.3 Å². The van der Waals surface area contributed by atoms with Crippen molar-refractivity contribution in [2.75, 3.05) is 13.1 Å². The Morgan fingerprint density at radius 2 is 2.40 bits per heavy atom. The molecule has 1 aromatic rings. The molecule has 2 unspecified atom stereocenters. The third-order valence-electron chi connectivity index (χ3n) is 2.90. The first kappa shape index (κ1) is 10.3. The maximum Gasteiger partial charge on any atom is 0.123 e. The summed E-state index contributed by atoms with van der Waals surface area (Å²) in [5.74, 6) is 1.57. The summed E-state index contributed by atoms with van der Waals surface area (Å²) in [6.45, 7) is 4.19. The van der Waals surface area contributed by atoms with Crippen LogP contribution in [0.2, 0.25) is 0 Å². The van der Waals surface area contributed by atoms with Crippen LogP contribution in [0, 0.1) is 5.92 Å². The summed E-state index contributed by atoms with van der Waals surface area (Å²) in [6.07, 6.45) is 1.36. The van der Waals surface area contributed by atoms with E-state index in [4.69, 9.17) is 4.74 Å². The Labute approximate surface area is 90.1 Å². The topological polar surface area (TPSA) is 41.5 Å². The summed E-state index contributed by atoms with van der Waals surface area (Å²) < 4.78 is 5.78. The van der Waals surface area contributed by atoms with Crippen molar-refractivity contribution in [1.82, 2.24) is 5.32 Å². The fourth-order valence-corrected chi connectivity index (χ4v) is 1.95. The highest BCUT2D eigenvalue weighted by molar-refractivity contribution is 5.31. The van der Waals surface area contributed by atoms with E-state index in [-0.39, 0.29) is 11.9 Å². The Bertz CT molecular complexity index is 321. The van der Waals surface area contributed by atoms with E-state index < -0.39 is 0 Å². The highest BCUT2D eigenvalue weighted by atomic mass is 16.5. The molecular weight excluding hydrogens is 190 g/mol.